The third kappa shape index (κ3) is 3.74. The Morgan fingerprint density at radius 1 is 1.56 bits per heavy atom. The summed E-state index contributed by atoms with van der Waals surface area (Å²) in [4.78, 5) is 6.50. The van der Waals surface area contributed by atoms with Crippen LogP contribution >= 0.6 is 0 Å². The molecule has 7 heteroatoms. The van der Waals surface area contributed by atoms with Crippen molar-refractivity contribution in [3.8, 4) is 0 Å². The Hall–Kier alpha value is -1.02. The monoisotopic (exact) mass is 256 g/mol. The second-order valence-corrected chi connectivity index (χ2v) is 4.34. The number of rotatable bonds is 6. The maximum absolute atomic E-state index is 5.62. The molecule has 102 valence electrons. The first-order chi connectivity index (χ1) is 8.81. The molecule has 7 nitrogen and oxygen atoms in total. The van der Waals surface area contributed by atoms with Crippen LogP contribution in [0.1, 0.15) is 18.1 Å². The van der Waals surface area contributed by atoms with Gasteiger partial charge in [0.15, 0.2) is 5.82 Å². The standard InChI is InChI=1S/C11H20N4O3/c1-16-8-10-13-11(18-14-10)7-15-4-5-17-9(6-15)2-3-12/h9H,2-8,12H2,1H3/t9-/m1/s1. The second-order valence-electron chi connectivity index (χ2n) is 4.34. The number of hydrogen-bond donors (Lipinski definition) is 1. The third-order valence-corrected chi connectivity index (χ3v) is 2.85. The Labute approximate surface area is 106 Å². The normalized spacial score (nSPS) is 21.3. The first kappa shape index (κ1) is 13.4. The summed E-state index contributed by atoms with van der Waals surface area (Å²) in [6, 6.07) is 0. The van der Waals surface area contributed by atoms with Crippen molar-refractivity contribution >= 4 is 0 Å². The highest BCUT2D eigenvalue weighted by Crippen LogP contribution is 2.11. The molecule has 2 rings (SSSR count). The number of ether oxygens (including phenoxy) is 2. The van der Waals surface area contributed by atoms with Crippen LogP contribution in [0.25, 0.3) is 0 Å². The van der Waals surface area contributed by atoms with Crippen LogP contribution in [0, 0.1) is 0 Å². The minimum absolute atomic E-state index is 0.213. The molecule has 0 unspecified atom stereocenters. The molecule has 0 saturated carbocycles. The van der Waals surface area contributed by atoms with Gasteiger partial charge in [-0.05, 0) is 13.0 Å². The molecule has 0 amide bonds. The van der Waals surface area contributed by atoms with Crippen LogP contribution in [0.15, 0.2) is 4.52 Å². The van der Waals surface area contributed by atoms with Gasteiger partial charge >= 0.3 is 0 Å². The zero-order valence-electron chi connectivity index (χ0n) is 10.7. The Balaban J connectivity index is 1.84. The molecule has 1 fully saturated rings. The van der Waals surface area contributed by atoms with Crippen molar-refractivity contribution in [2.75, 3.05) is 33.4 Å². The zero-order chi connectivity index (χ0) is 12.8. The van der Waals surface area contributed by atoms with E-state index in [0.717, 1.165) is 26.1 Å². The van der Waals surface area contributed by atoms with Crippen molar-refractivity contribution in [3.63, 3.8) is 0 Å². The van der Waals surface area contributed by atoms with E-state index >= 15 is 0 Å². The molecule has 0 radical (unpaired) electrons. The summed E-state index contributed by atoms with van der Waals surface area (Å²) in [5.41, 5.74) is 5.54. The van der Waals surface area contributed by atoms with Gasteiger partial charge in [-0.15, -0.1) is 0 Å². The fourth-order valence-electron chi connectivity index (χ4n) is 2.02. The summed E-state index contributed by atoms with van der Waals surface area (Å²) in [5.74, 6) is 1.20. The maximum atomic E-state index is 5.62. The zero-order valence-corrected chi connectivity index (χ0v) is 10.7. The summed E-state index contributed by atoms with van der Waals surface area (Å²) in [6.07, 6.45) is 1.10. The lowest BCUT2D eigenvalue weighted by molar-refractivity contribution is -0.0361. The number of methoxy groups -OCH3 is 1. The predicted octanol–water partition coefficient (Wildman–Crippen LogP) is -0.234. The number of nitrogens with zero attached hydrogens (tertiary/aromatic N) is 3. The van der Waals surface area contributed by atoms with Crippen molar-refractivity contribution < 1.29 is 14.0 Å². The lowest BCUT2D eigenvalue weighted by atomic mass is 10.2. The highest BCUT2D eigenvalue weighted by Gasteiger charge is 2.21. The van der Waals surface area contributed by atoms with Gasteiger partial charge in [-0.2, -0.15) is 4.98 Å². The van der Waals surface area contributed by atoms with Crippen LogP contribution in [0.2, 0.25) is 0 Å². The highest BCUT2D eigenvalue weighted by atomic mass is 16.5. The highest BCUT2D eigenvalue weighted by molar-refractivity contribution is 4.85. The van der Waals surface area contributed by atoms with Crippen molar-refractivity contribution in [2.24, 2.45) is 5.73 Å². The summed E-state index contributed by atoms with van der Waals surface area (Å²) < 4.78 is 15.7. The van der Waals surface area contributed by atoms with Gasteiger partial charge in [0.1, 0.15) is 6.61 Å². The van der Waals surface area contributed by atoms with Crippen LogP contribution in [-0.4, -0.2) is 54.5 Å². The Kier molecular flexibility index (Phi) is 5.06. The largest absolute Gasteiger partial charge is 0.377 e. The Bertz CT molecular complexity index is 356. The van der Waals surface area contributed by atoms with E-state index in [-0.39, 0.29) is 6.10 Å². The smallest absolute Gasteiger partial charge is 0.240 e. The molecule has 1 aliphatic rings. The van der Waals surface area contributed by atoms with Crippen LogP contribution in [0.4, 0.5) is 0 Å². The Morgan fingerprint density at radius 3 is 3.22 bits per heavy atom. The molecule has 18 heavy (non-hydrogen) atoms. The van der Waals surface area contributed by atoms with Gasteiger partial charge in [-0.1, -0.05) is 5.16 Å². The average molecular weight is 256 g/mol. The van der Waals surface area contributed by atoms with E-state index in [9.17, 15) is 0 Å². The van der Waals surface area contributed by atoms with Crippen molar-refractivity contribution in [1.82, 2.24) is 15.0 Å². The van der Waals surface area contributed by atoms with Crippen LogP contribution in [-0.2, 0) is 22.6 Å². The molecule has 1 atom stereocenters. The van der Waals surface area contributed by atoms with Crippen molar-refractivity contribution in [3.05, 3.63) is 11.7 Å². The summed E-state index contributed by atoms with van der Waals surface area (Å²) in [7, 11) is 1.61. The molecule has 1 aliphatic heterocycles. The quantitative estimate of drug-likeness (QED) is 0.752. The van der Waals surface area contributed by atoms with Gasteiger partial charge < -0.3 is 19.7 Å². The van der Waals surface area contributed by atoms with Gasteiger partial charge in [0.2, 0.25) is 5.89 Å². The number of hydrogen-bond acceptors (Lipinski definition) is 7. The van der Waals surface area contributed by atoms with E-state index in [1.807, 2.05) is 0 Å². The molecule has 1 saturated heterocycles. The lowest BCUT2D eigenvalue weighted by Crippen LogP contribution is -2.42. The topological polar surface area (TPSA) is 86.6 Å². The fourth-order valence-corrected chi connectivity index (χ4v) is 2.02. The van der Waals surface area contributed by atoms with Crippen LogP contribution < -0.4 is 5.73 Å². The predicted molar refractivity (Wildman–Crippen MR) is 63.7 cm³/mol. The Morgan fingerprint density at radius 2 is 2.44 bits per heavy atom. The summed E-state index contributed by atoms with van der Waals surface area (Å²) >= 11 is 0. The average Bonchev–Trinajstić information content (AvgIpc) is 2.78. The molecule has 1 aromatic heterocycles. The van der Waals surface area contributed by atoms with E-state index < -0.39 is 0 Å². The van der Waals surface area contributed by atoms with Gasteiger partial charge in [-0.3, -0.25) is 4.90 Å². The van der Waals surface area contributed by atoms with Gasteiger partial charge in [0, 0.05) is 20.2 Å². The van der Waals surface area contributed by atoms with Crippen LogP contribution in [0.5, 0.6) is 0 Å². The first-order valence-corrected chi connectivity index (χ1v) is 6.16. The van der Waals surface area contributed by atoms with Gasteiger partial charge in [0.25, 0.3) is 0 Å². The second kappa shape index (κ2) is 6.79. The molecular formula is C11H20N4O3. The van der Waals surface area contributed by atoms with E-state index in [4.69, 9.17) is 19.7 Å². The fraction of sp³-hybridized carbons (Fsp3) is 0.818. The number of aromatic nitrogens is 2. The van der Waals surface area contributed by atoms with Gasteiger partial charge in [-0.25, -0.2) is 0 Å². The molecule has 0 spiro atoms. The summed E-state index contributed by atoms with van der Waals surface area (Å²) in [5, 5.41) is 3.84. The van der Waals surface area contributed by atoms with Crippen molar-refractivity contribution in [1.29, 1.82) is 0 Å². The van der Waals surface area contributed by atoms with E-state index in [0.29, 0.717) is 31.4 Å². The first-order valence-electron chi connectivity index (χ1n) is 6.16. The minimum atomic E-state index is 0.213. The van der Waals surface area contributed by atoms with Crippen molar-refractivity contribution in [2.45, 2.75) is 25.7 Å². The minimum Gasteiger partial charge on any atom is -0.377 e. The van der Waals surface area contributed by atoms with E-state index in [2.05, 4.69) is 15.0 Å². The number of nitrogens with two attached hydrogens (primary N) is 1. The molecule has 2 heterocycles. The summed E-state index contributed by atoms with van der Waals surface area (Å²) in [6.45, 7) is 4.15. The molecule has 1 aromatic rings. The van der Waals surface area contributed by atoms with Crippen LogP contribution in [0.3, 0.4) is 0 Å². The molecule has 0 aliphatic carbocycles. The lowest BCUT2D eigenvalue weighted by Gasteiger charge is -2.31. The maximum Gasteiger partial charge on any atom is 0.240 e. The molecular weight excluding hydrogens is 236 g/mol. The van der Waals surface area contributed by atoms with Gasteiger partial charge in [0.05, 0.1) is 19.3 Å². The molecule has 0 bridgehead atoms. The SMILES string of the molecule is COCc1noc(CN2CCO[C@H](CCN)C2)n1. The number of morpholine rings is 1. The van der Waals surface area contributed by atoms with E-state index in [1.54, 1.807) is 7.11 Å². The third-order valence-electron chi connectivity index (χ3n) is 2.85. The molecule has 0 aromatic carbocycles. The van der Waals surface area contributed by atoms with E-state index in [1.165, 1.54) is 0 Å². The molecule has 2 N–H and O–H groups in total.